The third-order valence-corrected chi connectivity index (χ3v) is 14.3. The molecule has 0 radical (unpaired) electrons. The quantitative estimate of drug-likeness (QED) is 0.0856. The van der Waals surface area contributed by atoms with Crippen molar-refractivity contribution in [3.05, 3.63) is 12.2 Å². The number of aliphatic hydroxyl groups is 11. The van der Waals surface area contributed by atoms with Crippen LogP contribution < -0.4 is 0 Å². The molecule has 316 valence electrons. The molecular formula is C38H62O17. The second-order valence-electron chi connectivity index (χ2n) is 17.4. The summed E-state index contributed by atoms with van der Waals surface area (Å²) in [6.45, 7) is 6.57. The van der Waals surface area contributed by atoms with Crippen LogP contribution in [0.1, 0.15) is 71.6 Å². The van der Waals surface area contributed by atoms with E-state index < -0.39 is 129 Å². The van der Waals surface area contributed by atoms with Crippen LogP contribution in [0.2, 0.25) is 0 Å². The molecule has 0 aromatic rings. The highest BCUT2D eigenvalue weighted by Crippen LogP contribution is 2.64. The van der Waals surface area contributed by atoms with Crippen LogP contribution >= 0.6 is 0 Å². The molecule has 6 aliphatic rings. The van der Waals surface area contributed by atoms with Crippen LogP contribution in [0.3, 0.4) is 0 Å². The fourth-order valence-corrected chi connectivity index (χ4v) is 11.0. The van der Waals surface area contributed by atoms with Crippen molar-refractivity contribution < 1.29 is 84.7 Å². The van der Waals surface area contributed by atoms with Gasteiger partial charge in [0.2, 0.25) is 6.29 Å². The molecule has 2 saturated heterocycles. The molecule has 6 rings (SSSR count). The average Bonchev–Trinajstić information content (AvgIpc) is 3.32. The van der Waals surface area contributed by atoms with E-state index in [4.69, 9.17) is 23.7 Å². The number of hydrogen-bond acceptors (Lipinski definition) is 17. The smallest absolute Gasteiger partial charge is 0.314 e. The van der Waals surface area contributed by atoms with E-state index >= 15 is 0 Å². The predicted octanol–water partition coefficient (Wildman–Crippen LogP) is -2.42. The van der Waals surface area contributed by atoms with Crippen molar-refractivity contribution in [1.29, 1.82) is 0 Å². The Bertz CT molecular complexity index is 1330. The van der Waals surface area contributed by atoms with Crippen molar-refractivity contribution in [2.75, 3.05) is 19.8 Å². The lowest BCUT2D eigenvalue weighted by Crippen LogP contribution is -2.64. The zero-order chi connectivity index (χ0) is 40.1. The highest BCUT2D eigenvalue weighted by Gasteiger charge is 2.61. The van der Waals surface area contributed by atoms with Gasteiger partial charge >= 0.3 is 5.97 Å². The van der Waals surface area contributed by atoms with Crippen LogP contribution in [0.25, 0.3) is 0 Å². The molecule has 6 fully saturated rings. The molecule has 4 saturated carbocycles. The fraction of sp³-hybridized carbons (Fsp3) is 0.921. The van der Waals surface area contributed by atoms with Gasteiger partial charge in [-0.2, -0.15) is 0 Å². The topological polar surface area (TPSA) is 286 Å². The Kier molecular flexibility index (Phi) is 13.4. The Labute approximate surface area is 320 Å². The van der Waals surface area contributed by atoms with Crippen LogP contribution in [0.4, 0.5) is 0 Å². The standard InChI is InChI=1S/C38H62O17/c1-16-11-17-5-8-24-37(2,19(17)6-7-20(16)52-34-32(49)30(47)27(44)22(14-40)53-34)9-4-10-38(24,3)36(50)55-35-33(31(48)28(45)23(15-41)54-35)51-21-12-18(13-39)25(42)29(46)26(21)43/h17-35,39-49H,1,4-15H2,2-3H3/t17?,18?,19-,20?,21?,22?,23?,24?,25?,26?,27?,28?,29?,30?,31?,32?,33?,34?,35?,37+,38-/m1/s1. The molecule has 0 bridgehead atoms. The SMILES string of the molecule is C=C1CC2CCC3[C@](C)(C(=O)OC4OC(CO)C(O)C(O)C4OC4CC(CO)C(O)C(O)C4O)CCC[C@@]3(C)[C@@H]2CCC1OC1OC(CO)C(O)C(O)C1O. The second kappa shape index (κ2) is 17.1. The van der Waals surface area contributed by atoms with Gasteiger partial charge in [-0.3, -0.25) is 4.79 Å². The van der Waals surface area contributed by atoms with E-state index in [-0.39, 0.29) is 29.6 Å². The molecule has 0 spiro atoms. The molecule has 0 aromatic heterocycles. The molecule has 11 N–H and O–H groups in total. The molecule has 2 heterocycles. The first-order chi connectivity index (χ1) is 26.0. The molecule has 2 aliphatic heterocycles. The Morgan fingerprint density at radius 1 is 0.727 bits per heavy atom. The van der Waals surface area contributed by atoms with E-state index in [1.807, 2.05) is 6.92 Å². The summed E-state index contributed by atoms with van der Waals surface area (Å²) >= 11 is 0. The third-order valence-electron chi connectivity index (χ3n) is 14.3. The molecule has 21 atom stereocenters. The van der Waals surface area contributed by atoms with Gasteiger partial charge in [-0.15, -0.1) is 0 Å². The second-order valence-corrected chi connectivity index (χ2v) is 17.4. The zero-order valence-corrected chi connectivity index (χ0v) is 31.5. The molecule has 0 amide bonds. The first-order valence-corrected chi connectivity index (χ1v) is 19.8. The van der Waals surface area contributed by atoms with E-state index in [2.05, 4.69) is 13.5 Å². The van der Waals surface area contributed by atoms with Crippen LogP contribution in [0.15, 0.2) is 12.2 Å². The van der Waals surface area contributed by atoms with Crippen molar-refractivity contribution in [3.63, 3.8) is 0 Å². The number of rotatable bonds is 9. The van der Waals surface area contributed by atoms with Crippen molar-refractivity contribution in [2.45, 2.75) is 164 Å². The van der Waals surface area contributed by atoms with Gasteiger partial charge in [0.15, 0.2) is 6.29 Å². The van der Waals surface area contributed by atoms with Crippen LogP contribution in [0, 0.1) is 34.5 Å². The Balaban J connectivity index is 1.18. The number of ether oxygens (including phenoxy) is 5. The Morgan fingerprint density at radius 3 is 2.02 bits per heavy atom. The van der Waals surface area contributed by atoms with Gasteiger partial charge in [0.25, 0.3) is 0 Å². The van der Waals surface area contributed by atoms with Crippen LogP contribution in [-0.2, 0) is 28.5 Å². The maximum atomic E-state index is 14.5. The summed E-state index contributed by atoms with van der Waals surface area (Å²) in [7, 11) is 0. The summed E-state index contributed by atoms with van der Waals surface area (Å²) in [4.78, 5) is 14.5. The molecular weight excluding hydrogens is 728 g/mol. The normalized spacial score (nSPS) is 52.1. The van der Waals surface area contributed by atoms with Gasteiger partial charge in [0.1, 0.15) is 61.0 Å². The summed E-state index contributed by atoms with van der Waals surface area (Å²) in [5, 5.41) is 114. The molecule has 4 aliphatic carbocycles. The van der Waals surface area contributed by atoms with Crippen molar-refractivity contribution in [1.82, 2.24) is 0 Å². The maximum Gasteiger partial charge on any atom is 0.314 e. The molecule has 55 heavy (non-hydrogen) atoms. The van der Waals surface area contributed by atoms with Gasteiger partial charge in [-0.05, 0) is 87.0 Å². The number of fused-ring (bicyclic) bond motifs is 3. The Hall–Kier alpha value is -1.39. The predicted molar refractivity (Wildman–Crippen MR) is 187 cm³/mol. The van der Waals surface area contributed by atoms with Gasteiger partial charge in [-0.25, -0.2) is 0 Å². The largest absolute Gasteiger partial charge is 0.432 e. The van der Waals surface area contributed by atoms with E-state index in [1.165, 1.54) is 0 Å². The number of hydrogen-bond donors (Lipinski definition) is 11. The van der Waals surface area contributed by atoms with Gasteiger partial charge < -0.3 is 79.9 Å². The summed E-state index contributed by atoms with van der Waals surface area (Å²) in [5.41, 5.74) is -0.550. The highest BCUT2D eigenvalue weighted by atomic mass is 16.7. The molecule has 0 aromatic carbocycles. The maximum absolute atomic E-state index is 14.5. The lowest BCUT2D eigenvalue weighted by molar-refractivity contribution is -0.321. The van der Waals surface area contributed by atoms with Gasteiger partial charge in [0, 0.05) is 12.5 Å². The molecule has 17 heteroatoms. The summed E-state index contributed by atoms with van der Waals surface area (Å²) in [6.07, 6.45) is -16.2. The Morgan fingerprint density at radius 2 is 1.36 bits per heavy atom. The first kappa shape index (κ1) is 43.2. The fourth-order valence-electron chi connectivity index (χ4n) is 11.0. The van der Waals surface area contributed by atoms with Crippen molar-refractivity contribution >= 4 is 5.97 Å². The number of carbonyl (C=O) groups is 1. The van der Waals surface area contributed by atoms with E-state index in [0.29, 0.717) is 38.5 Å². The minimum absolute atomic E-state index is 0.124. The van der Waals surface area contributed by atoms with E-state index in [9.17, 15) is 61.0 Å². The monoisotopic (exact) mass is 790 g/mol. The van der Waals surface area contributed by atoms with Gasteiger partial charge in [-0.1, -0.05) is 19.9 Å². The molecule has 18 unspecified atom stereocenters. The summed E-state index contributed by atoms with van der Waals surface area (Å²) in [5.74, 6) is -1.27. The van der Waals surface area contributed by atoms with Crippen molar-refractivity contribution in [3.8, 4) is 0 Å². The third kappa shape index (κ3) is 7.90. The summed E-state index contributed by atoms with van der Waals surface area (Å²) in [6, 6.07) is 0. The average molecular weight is 791 g/mol. The lowest BCUT2D eigenvalue weighted by atomic mass is 9.45. The first-order valence-electron chi connectivity index (χ1n) is 19.8. The minimum Gasteiger partial charge on any atom is -0.432 e. The van der Waals surface area contributed by atoms with E-state index in [0.717, 1.165) is 18.4 Å². The number of esters is 1. The van der Waals surface area contributed by atoms with Gasteiger partial charge in [0.05, 0.1) is 36.9 Å². The van der Waals surface area contributed by atoms with Crippen LogP contribution in [-0.4, -0.2) is 174 Å². The number of aliphatic hydroxyl groups excluding tert-OH is 11. The van der Waals surface area contributed by atoms with E-state index in [1.54, 1.807) is 0 Å². The lowest BCUT2D eigenvalue weighted by Gasteiger charge is -2.59. The van der Waals surface area contributed by atoms with Crippen LogP contribution in [0.5, 0.6) is 0 Å². The molecule has 17 nitrogen and oxygen atoms in total. The van der Waals surface area contributed by atoms with Crippen molar-refractivity contribution in [2.24, 2.45) is 34.5 Å². The summed E-state index contributed by atoms with van der Waals surface area (Å²) < 4.78 is 29.7. The zero-order valence-electron chi connectivity index (χ0n) is 31.5. The number of carbonyl (C=O) groups excluding carboxylic acids is 1. The highest BCUT2D eigenvalue weighted by molar-refractivity contribution is 5.77. The minimum atomic E-state index is -1.75.